The summed E-state index contributed by atoms with van der Waals surface area (Å²) in [7, 11) is 1.11. The van der Waals surface area contributed by atoms with Gasteiger partial charge in [0.05, 0.1) is 15.5 Å². The summed E-state index contributed by atoms with van der Waals surface area (Å²) in [6, 6.07) is 4.49. The van der Waals surface area contributed by atoms with Crippen LogP contribution in [-0.4, -0.2) is 50.7 Å². The van der Waals surface area contributed by atoms with Gasteiger partial charge in [-0.2, -0.15) is 0 Å². The Balaban J connectivity index is 2.28. The van der Waals surface area contributed by atoms with Gasteiger partial charge in [-0.15, -0.1) is 0 Å². The number of hydrogen-bond acceptors (Lipinski definition) is 3. The van der Waals surface area contributed by atoms with E-state index in [1.54, 1.807) is 11.9 Å². The molecule has 1 aromatic carbocycles. The van der Waals surface area contributed by atoms with Gasteiger partial charge < -0.3 is 4.90 Å². The highest BCUT2D eigenvalue weighted by Gasteiger charge is 2.26. The van der Waals surface area contributed by atoms with E-state index in [0.717, 1.165) is 30.0 Å². The molecule has 1 saturated carbocycles. The molecule has 0 radical (unpaired) electrons. The molecular weight excluding hydrogens is 360 g/mol. The molecule has 1 aliphatic carbocycles. The van der Waals surface area contributed by atoms with Crippen LogP contribution in [0.3, 0.4) is 0 Å². The summed E-state index contributed by atoms with van der Waals surface area (Å²) in [6.45, 7) is 0. The molecule has 1 aromatic rings. The van der Waals surface area contributed by atoms with Crippen LogP contribution in [0.15, 0.2) is 23.1 Å². The second-order valence-electron chi connectivity index (χ2n) is 6.84. The summed E-state index contributed by atoms with van der Waals surface area (Å²) < 4.78 is 25.8. The second kappa shape index (κ2) is 8.52. The predicted molar refractivity (Wildman–Crippen MR) is 101 cm³/mol. The third-order valence-electron chi connectivity index (χ3n) is 4.89. The minimum atomic E-state index is -3.61. The molecular formula is C18H27ClN2O3S. The summed E-state index contributed by atoms with van der Waals surface area (Å²) >= 11 is 6.21. The smallest absolute Gasteiger partial charge is 0.255 e. The molecule has 140 valence electrons. The molecule has 0 N–H and O–H groups in total. The first-order chi connectivity index (χ1) is 11.7. The number of benzene rings is 1. The average Bonchev–Trinajstić information content (AvgIpc) is 2.53. The zero-order chi connectivity index (χ0) is 18.6. The van der Waals surface area contributed by atoms with Gasteiger partial charge in [0.1, 0.15) is 0 Å². The van der Waals surface area contributed by atoms with Crippen molar-refractivity contribution in [2.24, 2.45) is 0 Å². The standard InChI is InChI=1S/C18H27ClN2O3S/c1-20(2)25(23,24)15-11-12-17(19)16(13-15)18(22)21(3)14-9-7-5-4-6-8-10-14/h11-14H,4-10H2,1-3H3. The Hall–Kier alpha value is -1.11. The quantitative estimate of drug-likeness (QED) is 0.791. The summed E-state index contributed by atoms with van der Waals surface area (Å²) in [6.07, 6.45) is 7.87. The van der Waals surface area contributed by atoms with Crippen molar-refractivity contribution in [3.05, 3.63) is 28.8 Å². The lowest BCUT2D eigenvalue weighted by Crippen LogP contribution is -2.37. The third kappa shape index (κ3) is 4.74. The van der Waals surface area contributed by atoms with Gasteiger partial charge >= 0.3 is 0 Å². The molecule has 0 spiro atoms. The summed E-state index contributed by atoms with van der Waals surface area (Å²) in [5.41, 5.74) is 0.245. The Labute approximate surface area is 156 Å². The van der Waals surface area contributed by atoms with Crippen LogP contribution < -0.4 is 0 Å². The molecule has 2 rings (SSSR count). The Morgan fingerprint density at radius 2 is 1.60 bits per heavy atom. The van der Waals surface area contributed by atoms with Crippen LogP contribution >= 0.6 is 11.6 Å². The summed E-state index contributed by atoms with van der Waals surface area (Å²) in [5.74, 6) is -0.216. The van der Waals surface area contributed by atoms with Gasteiger partial charge in [-0.05, 0) is 31.0 Å². The number of amides is 1. The average molecular weight is 387 g/mol. The molecule has 25 heavy (non-hydrogen) atoms. The Morgan fingerprint density at radius 3 is 2.16 bits per heavy atom. The molecule has 0 saturated heterocycles. The van der Waals surface area contributed by atoms with Crippen LogP contribution in [0.4, 0.5) is 0 Å². The molecule has 1 fully saturated rings. The Kier molecular flexibility index (Phi) is 6.88. The maximum absolute atomic E-state index is 12.9. The minimum Gasteiger partial charge on any atom is -0.339 e. The molecule has 1 amide bonds. The lowest BCUT2D eigenvalue weighted by Gasteiger charge is -2.30. The molecule has 5 nitrogen and oxygen atoms in total. The minimum absolute atomic E-state index is 0.0799. The van der Waals surface area contributed by atoms with Crippen molar-refractivity contribution in [2.75, 3.05) is 21.1 Å². The van der Waals surface area contributed by atoms with E-state index in [0.29, 0.717) is 0 Å². The fraction of sp³-hybridized carbons (Fsp3) is 0.611. The largest absolute Gasteiger partial charge is 0.339 e. The van der Waals surface area contributed by atoms with Crippen molar-refractivity contribution in [3.63, 3.8) is 0 Å². The summed E-state index contributed by atoms with van der Waals surface area (Å²) in [5, 5.41) is 0.278. The van der Waals surface area contributed by atoms with Crippen molar-refractivity contribution < 1.29 is 13.2 Å². The molecule has 1 aliphatic rings. The number of nitrogens with zero attached hydrogens (tertiary/aromatic N) is 2. The SMILES string of the molecule is CN(C(=O)c1cc(S(=O)(=O)N(C)C)ccc1Cl)C1CCCCCCC1. The van der Waals surface area contributed by atoms with Crippen molar-refractivity contribution in [1.29, 1.82) is 0 Å². The van der Waals surface area contributed by atoms with E-state index >= 15 is 0 Å². The van der Waals surface area contributed by atoms with E-state index in [2.05, 4.69) is 0 Å². The highest BCUT2D eigenvalue weighted by Crippen LogP contribution is 2.26. The molecule has 0 aliphatic heterocycles. The van der Waals surface area contributed by atoms with Gasteiger partial charge in [-0.1, -0.05) is 43.7 Å². The fourth-order valence-corrected chi connectivity index (χ4v) is 4.34. The van der Waals surface area contributed by atoms with Crippen LogP contribution in [0.5, 0.6) is 0 Å². The van der Waals surface area contributed by atoms with Crippen LogP contribution in [0.2, 0.25) is 5.02 Å². The van der Waals surface area contributed by atoms with E-state index in [4.69, 9.17) is 11.6 Å². The zero-order valence-corrected chi connectivity index (χ0v) is 16.7. The third-order valence-corrected chi connectivity index (χ3v) is 7.03. The van der Waals surface area contributed by atoms with E-state index in [9.17, 15) is 13.2 Å². The van der Waals surface area contributed by atoms with Gasteiger partial charge in [0.25, 0.3) is 5.91 Å². The number of carbonyl (C=O) groups is 1. The van der Waals surface area contributed by atoms with E-state index in [1.165, 1.54) is 51.6 Å². The van der Waals surface area contributed by atoms with Gasteiger partial charge in [0.15, 0.2) is 0 Å². The van der Waals surface area contributed by atoms with E-state index in [-0.39, 0.29) is 27.4 Å². The number of carbonyl (C=O) groups excluding carboxylic acids is 1. The number of rotatable bonds is 4. The van der Waals surface area contributed by atoms with Gasteiger partial charge in [-0.3, -0.25) is 4.79 Å². The van der Waals surface area contributed by atoms with Crippen molar-refractivity contribution >= 4 is 27.5 Å². The number of halogens is 1. The second-order valence-corrected chi connectivity index (χ2v) is 9.40. The van der Waals surface area contributed by atoms with E-state index in [1.807, 2.05) is 0 Å². The van der Waals surface area contributed by atoms with Crippen LogP contribution in [0.25, 0.3) is 0 Å². The molecule has 0 atom stereocenters. The molecule has 7 heteroatoms. The highest BCUT2D eigenvalue weighted by atomic mass is 35.5. The number of sulfonamides is 1. The van der Waals surface area contributed by atoms with Crippen LogP contribution in [0.1, 0.15) is 55.3 Å². The topological polar surface area (TPSA) is 57.7 Å². The Bertz CT molecular complexity index is 711. The summed E-state index contributed by atoms with van der Waals surface area (Å²) in [4.78, 5) is 14.8. The lowest BCUT2D eigenvalue weighted by atomic mass is 9.95. The molecule has 0 bridgehead atoms. The molecule has 0 unspecified atom stereocenters. The van der Waals surface area contributed by atoms with Crippen molar-refractivity contribution in [2.45, 2.75) is 55.9 Å². The first-order valence-corrected chi connectivity index (χ1v) is 10.6. The van der Waals surface area contributed by atoms with Crippen molar-refractivity contribution in [1.82, 2.24) is 9.21 Å². The monoisotopic (exact) mass is 386 g/mol. The maximum Gasteiger partial charge on any atom is 0.255 e. The first-order valence-electron chi connectivity index (χ1n) is 8.74. The van der Waals surface area contributed by atoms with Crippen molar-refractivity contribution in [3.8, 4) is 0 Å². The van der Waals surface area contributed by atoms with Crippen LogP contribution in [0, 0.1) is 0 Å². The van der Waals surface area contributed by atoms with E-state index < -0.39 is 10.0 Å². The predicted octanol–water partition coefficient (Wildman–Crippen LogP) is 3.78. The van der Waals surface area contributed by atoms with Crippen LogP contribution in [-0.2, 0) is 10.0 Å². The molecule has 0 aromatic heterocycles. The van der Waals surface area contributed by atoms with Gasteiger partial charge in [0.2, 0.25) is 10.0 Å². The maximum atomic E-state index is 12.9. The molecule has 0 heterocycles. The highest BCUT2D eigenvalue weighted by molar-refractivity contribution is 7.89. The fourth-order valence-electron chi connectivity index (χ4n) is 3.22. The van der Waals surface area contributed by atoms with Gasteiger partial charge in [0, 0.05) is 27.2 Å². The lowest BCUT2D eigenvalue weighted by molar-refractivity contribution is 0.0706. The van der Waals surface area contributed by atoms with Gasteiger partial charge in [-0.25, -0.2) is 12.7 Å². The normalized spacial score (nSPS) is 17.2. The zero-order valence-electron chi connectivity index (χ0n) is 15.2. The Morgan fingerprint density at radius 1 is 1.04 bits per heavy atom. The first kappa shape index (κ1) is 20.2. The number of hydrogen-bond donors (Lipinski definition) is 0.